The van der Waals surface area contributed by atoms with Crippen molar-refractivity contribution in [2.45, 2.75) is 52.9 Å². The molecule has 21 heavy (non-hydrogen) atoms. The Labute approximate surface area is 129 Å². The molecular formula is C17H29O3P. The summed E-state index contributed by atoms with van der Waals surface area (Å²) in [6.07, 6.45) is 5.11. The first-order valence-corrected chi connectivity index (χ1v) is 9.76. The van der Waals surface area contributed by atoms with Gasteiger partial charge in [-0.3, -0.25) is 4.57 Å². The van der Waals surface area contributed by atoms with Gasteiger partial charge < -0.3 is 9.05 Å². The highest BCUT2D eigenvalue weighted by Gasteiger charge is 2.24. The fourth-order valence-electron chi connectivity index (χ4n) is 1.88. The van der Waals surface area contributed by atoms with Crippen molar-refractivity contribution >= 4 is 7.60 Å². The molecule has 0 unspecified atom stereocenters. The minimum absolute atomic E-state index is 0.462. The third-order valence-corrected chi connectivity index (χ3v) is 5.29. The molecule has 0 aliphatic heterocycles. The highest BCUT2D eigenvalue weighted by molar-refractivity contribution is 7.53. The van der Waals surface area contributed by atoms with Crippen LogP contribution in [0, 0.1) is 6.92 Å². The second-order valence-corrected chi connectivity index (χ2v) is 7.63. The molecule has 0 saturated heterocycles. The molecule has 0 heterocycles. The number of hydrogen-bond donors (Lipinski definition) is 0. The van der Waals surface area contributed by atoms with Crippen LogP contribution in [-0.4, -0.2) is 19.4 Å². The summed E-state index contributed by atoms with van der Waals surface area (Å²) >= 11 is 0. The van der Waals surface area contributed by atoms with Crippen LogP contribution in [0.4, 0.5) is 0 Å². The van der Waals surface area contributed by atoms with Crippen LogP contribution in [0.5, 0.6) is 0 Å². The van der Waals surface area contributed by atoms with E-state index in [2.05, 4.69) is 45.0 Å². The van der Waals surface area contributed by atoms with E-state index in [0.717, 1.165) is 32.1 Å². The minimum Gasteiger partial charge on any atom is -0.309 e. The normalized spacial score (nSPS) is 11.8. The standard InChI is InChI=1S/C17H29O3P/c1-4-6-13-19-21(18,20-14-7-5-2)15-12-17-10-8-16(3)9-11-17/h8-11H,4-7,12-15H2,1-3H3. The van der Waals surface area contributed by atoms with Gasteiger partial charge in [-0.15, -0.1) is 0 Å². The highest BCUT2D eigenvalue weighted by atomic mass is 31.2. The van der Waals surface area contributed by atoms with Gasteiger partial charge in [-0.05, 0) is 31.7 Å². The van der Waals surface area contributed by atoms with E-state index < -0.39 is 7.60 Å². The van der Waals surface area contributed by atoms with Gasteiger partial charge in [0.05, 0.1) is 19.4 Å². The molecule has 0 saturated carbocycles. The van der Waals surface area contributed by atoms with Crippen LogP contribution in [0.2, 0.25) is 0 Å². The van der Waals surface area contributed by atoms with E-state index in [-0.39, 0.29) is 0 Å². The number of aryl methyl sites for hydroxylation is 2. The first kappa shape index (κ1) is 18.4. The number of unbranched alkanes of at least 4 members (excludes halogenated alkanes) is 2. The Morgan fingerprint density at radius 2 is 1.48 bits per heavy atom. The molecule has 0 N–H and O–H groups in total. The van der Waals surface area contributed by atoms with Gasteiger partial charge in [0.1, 0.15) is 0 Å². The van der Waals surface area contributed by atoms with Crippen molar-refractivity contribution in [3.63, 3.8) is 0 Å². The third kappa shape index (κ3) is 7.80. The molecule has 1 rings (SSSR count). The van der Waals surface area contributed by atoms with Gasteiger partial charge in [-0.2, -0.15) is 0 Å². The summed E-state index contributed by atoms with van der Waals surface area (Å²) in [5.41, 5.74) is 2.42. The van der Waals surface area contributed by atoms with E-state index in [4.69, 9.17) is 9.05 Å². The summed E-state index contributed by atoms with van der Waals surface area (Å²) in [4.78, 5) is 0. The molecular weight excluding hydrogens is 283 g/mol. The summed E-state index contributed by atoms with van der Waals surface area (Å²) in [5, 5.41) is 0. The van der Waals surface area contributed by atoms with Gasteiger partial charge in [0, 0.05) is 0 Å². The predicted molar refractivity (Wildman–Crippen MR) is 89.1 cm³/mol. The lowest BCUT2D eigenvalue weighted by Crippen LogP contribution is -2.05. The smallest absolute Gasteiger partial charge is 0.309 e. The van der Waals surface area contributed by atoms with E-state index in [9.17, 15) is 4.57 Å². The first-order valence-electron chi connectivity index (χ1n) is 8.03. The molecule has 0 spiro atoms. The van der Waals surface area contributed by atoms with Crippen molar-refractivity contribution in [1.82, 2.24) is 0 Å². The van der Waals surface area contributed by atoms with Crippen molar-refractivity contribution in [2.24, 2.45) is 0 Å². The number of benzene rings is 1. The second kappa shape index (κ2) is 10.2. The average molecular weight is 312 g/mol. The Balaban J connectivity index is 2.53. The predicted octanol–water partition coefficient (Wildman–Crippen LogP) is 5.36. The fraction of sp³-hybridized carbons (Fsp3) is 0.647. The van der Waals surface area contributed by atoms with E-state index in [1.54, 1.807) is 0 Å². The summed E-state index contributed by atoms with van der Waals surface area (Å²) in [6.45, 7) is 7.30. The van der Waals surface area contributed by atoms with Crippen molar-refractivity contribution in [2.75, 3.05) is 19.4 Å². The van der Waals surface area contributed by atoms with Gasteiger partial charge >= 0.3 is 7.60 Å². The Morgan fingerprint density at radius 1 is 0.952 bits per heavy atom. The van der Waals surface area contributed by atoms with Crippen LogP contribution in [-0.2, 0) is 20.0 Å². The zero-order valence-electron chi connectivity index (χ0n) is 13.6. The Bertz CT molecular complexity index is 414. The molecule has 0 aliphatic carbocycles. The number of hydrogen-bond acceptors (Lipinski definition) is 3. The van der Waals surface area contributed by atoms with Gasteiger partial charge in [-0.1, -0.05) is 56.5 Å². The summed E-state index contributed by atoms with van der Waals surface area (Å²) in [6, 6.07) is 8.32. The molecule has 4 heteroatoms. The number of rotatable bonds is 11. The molecule has 1 aromatic rings. The van der Waals surface area contributed by atoms with Crippen LogP contribution in [0.1, 0.15) is 50.7 Å². The molecule has 0 atom stereocenters. The van der Waals surface area contributed by atoms with Crippen LogP contribution in [0.25, 0.3) is 0 Å². The zero-order chi connectivity index (χ0) is 15.6. The summed E-state index contributed by atoms with van der Waals surface area (Å²) in [5.74, 6) is 0. The van der Waals surface area contributed by atoms with Gasteiger partial charge in [0.2, 0.25) is 0 Å². The van der Waals surface area contributed by atoms with Crippen LogP contribution in [0.15, 0.2) is 24.3 Å². The molecule has 0 bridgehead atoms. The maximum atomic E-state index is 12.8. The van der Waals surface area contributed by atoms with Crippen molar-refractivity contribution in [3.05, 3.63) is 35.4 Å². The van der Waals surface area contributed by atoms with Gasteiger partial charge in [0.15, 0.2) is 0 Å². The lowest BCUT2D eigenvalue weighted by molar-refractivity contribution is 0.200. The monoisotopic (exact) mass is 312 g/mol. The Kier molecular flexibility index (Phi) is 8.91. The zero-order valence-corrected chi connectivity index (χ0v) is 14.5. The topological polar surface area (TPSA) is 35.5 Å². The van der Waals surface area contributed by atoms with E-state index in [1.165, 1.54) is 11.1 Å². The molecule has 0 aromatic heterocycles. The fourth-order valence-corrected chi connectivity index (χ4v) is 3.56. The minimum atomic E-state index is -2.96. The van der Waals surface area contributed by atoms with Crippen molar-refractivity contribution in [1.29, 1.82) is 0 Å². The SMILES string of the molecule is CCCCOP(=O)(CCc1ccc(C)cc1)OCCCC. The lowest BCUT2D eigenvalue weighted by atomic mass is 10.1. The molecule has 3 nitrogen and oxygen atoms in total. The molecule has 0 radical (unpaired) electrons. The first-order chi connectivity index (χ1) is 10.1. The second-order valence-electron chi connectivity index (χ2n) is 5.44. The maximum Gasteiger partial charge on any atom is 0.331 e. The van der Waals surface area contributed by atoms with Crippen LogP contribution < -0.4 is 0 Å². The molecule has 0 fully saturated rings. The highest BCUT2D eigenvalue weighted by Crippen LogP contribution is 2.48. The summed E-state index contributed by atoms with van der Waals surface area (Å²) < 4.78 is 23.9. The van der Waals surface area contributed by atoms with E-state index in [0.29, 0.717) is 19.4 Å². The Morgan fingerprint density at radius 3 is 1.95 bits per heavy atom. The average Bonchev–Trinajstić information content (AvgIpc) is 2.47. The molecule has 0 aliphatic rings. The lowest BCUT2D eigenvalue weighted by Gasteiger charge is -2.18. The van der Waals surface area contributed by atoms with E-state index in [1.807, 2.05) is 0 Å². The van der Waals surface area contributed by atoms with Crippen molar-refractivity contribution in [3.8, 4) is 0 Å². The van der Waals surface area contributed by atoms with Crippen LogP contribution in [0.3, 0.4) is 0 Å². The van der Waals surface area contributed by atoms with Crippen molar-refractivity contribution < 1.29 is 13.6 Å². The largest absolute Gasteiger partial charge is 0.331 e. The van der Waals surface area contributed by atoms with Gasteiger partial charge in [0.25, 0.3) is 0 Å². The quantitative estimate of drug-likeness (QED) is 0.407. The summed E-state index contributed by atoms with van der Waals surface area (Å²) in [7, 11) is -2.96. The maximum absolute atomic E-state index is 12.8. The van der Waals surface area contributed by atoms with Crippen LogP contribution >= 0.6 is 7.60 Å². The molecule has 1 aromatic carbocycles. The molecule has 0 amide bonds. The van der Waals surface area contributed by atoms with E-state index >= 15 is 0 Å². The third-order valence-electron chi connectivity index (χ3n) is 3.37. The Hall–Kier alpha value is -0.630. The van der Waals surface area contributed by atoms with Gasteiger partial charge in [-0.25, -0.2) is 0 Å². The molecule has 120 valence electrons.